The molecule has 0 aliphatic carbocycles. The maximum absolute atomic E-state index is 11.7. The minimum atomic E-state index is -0.814. The zero-order valence-corrected chi connectivity index (χ0v) is 13.4. The van der Waals surface area contributed by atoms with Crippen LogP contribution >= 0.6 is 0 Å². The minimum Gasteiger partial charge on any atom is -0.481 e. The van der Waals surface area contributed by atoms with Crippen LogP contribution in [0.25, 0.3) is 0 Å². The van der Waals surface area contributed by atoms with Gasteiger partial charge in [0, 0.05) is 19.5 Å². The summed E-state index contributed by atoms with van der Waals surface area (Å²) in [5.74, 6) is 0.541. The number of carbonyl (C=O) groups is 2. The van der Waals surface area contributed by atoms with E-state index in [0.29, 0.717) is 30.8 Å². The van der Waals surface area contributed by atoms with E-state index in [1.165, 1.54) is 0 Å². The van der Waals surface area contributed by atoms with Crippen LogP contribution in [0, 0.1) is 23.7 Å². The Morgan fingerprint density at radius 3 is 2.00 bits per heavy atom. The molecule has 0 aliphatic heterocycles. The van der Waals surface area contributed by atoms with Crippen LogP contribution in [0.4, 0.5) is 4.79 Å². The van der Waals surface area contributed by atoms with Crippen LogP contribution in [-0.4, -0.2) is 30.2 Å². The monoisotopic (exact) mass is 286 g/mol. The van der Waals surface area contributed by atoms with Gasteiger partial charge in [0.15, 0.2) is 0 Å². The molecule has 20 heavy (non-hydrogen) atoms. The predicted octanol–water partition coefficient (Wildman–Crippen LogP) is 2.71. The molecule has 5 nitrogen and oxygen atoms in total. The minimum absolute atomic E-state index is 0.0132. The zero-order chi connectivity index (χ0) is 15.7. The number of rotatable bonds is 9. The van der Waals surface area contributed by atoms with Crippen LogP contribution < -0.4 is 10.6 Å². The third kappa shape index (κ3) is 9.64. The van der Waals surface area contributed by atoms with Gasteiger partial charge in [-0.1, -0.05) is 34.6 Å². The molecule has 5 heteroatoms. The molecular formula is C15H30N2O3. The summed E-state index contributed by atoms with van der Waals surface area (Å²) in [6, 6.07) is -0.211. The van der Waals surface area contributed by atoms with Crippen molar-refractivity contribution in [1.82, 2.24) is 10.6 Å². The molecule has 3 N–H and O–H groups in total. The molecule has 1 unspecified atom stereocenters. The molecule has 0 bridgehead atoms. The second-order valence-corrected chi connectivity index (χ2v) is 6.41. The highest BCUT2D eigenvalue weighted by molar-refractivity contribution is 5.74. The first-order valence-corrected chi connectivity index (χ1v) is 7.45. The molecular weight excluding hydrogens is 256 g/mol. The van der Waals surface area contributed by atoms with E-state index in [1.54, 1.807) is 0 Å². The van der Waals surface area contributed by atoms with Crippen LogP contribution in [0.5, 0.6) is 0 Å². The highest BCUT2D eigenvalue weighted by Gasteiger charge is 2.16. The summed E-state index contributed by atoms with van der Waals surface area (Å²) in [5.41, 5.74) is 0. The number of carboxylic acid groups (broad SMARTS) is 1. The lowest BCUT2D eigenvalue weighted by Gasteiger charge is -2.19. The number of aliphatic carboxylic acids is 1. The van der Waals surface area contributed by atoms with Gasteiger partial charge in [0.25, 0.3) is 0 Å². The summed E-state index contributed by atoms with van der Waals surface area (Å²) in [6.45, 7) is 11.5. The van der Waals surface area contributed by atoms with Gasteiger partial charge >= 0.3 is 12.0 Å². The molecule has 0 spiro atoms. The number of carbonyl (C=O) groups excluding carboxylic acids is 1. The largest absolute Gasteiger partial charge is 0.481 e. The number of carboxylic acids is 1. The Balaban J connectivity index is 4.06. The molecule has 2 amide bonds. The van der Waals surface area contributed by atoms with Crippen molar-refractivity contribution in [3.63, 3.8) is 0 Å². The Labute approximate surface area is 122 Å². The van der Waals surface area contributed by atoms with Crippen LogP contribution in [0.2, 0.25) is 0 Å². The molecule has 0 heterocycles. The molecule has 0 aromatic rings. The first-order valence-electron chi connectivity index (χ1n) is 7.45. The van der Waals surface area contributed by atoms with E-state index in [0.717, 1.165) is 6.42 Å². The summed E-state index contributed by atoms with van der Waals surface area (Å²) in [7, 11) is 0. The summed E-state index contributed by atoms with van der Waals surface area (Å²) < 4.78 is 0. The van der Waals surface area contributed by atoms with Gasteiger partial charge in [-0.2, -0.15) is 0 Å². The summed E-state index contributed by atoms with van der Waals surface area (Å²) >= 11 is 0. The van der Waals surface area contributed by atoms with Gasteiger partial charge in [-0.3, -0.25) is 4.79 Å². The Morgan fingerprint density at radius 1 is 1.00 bits per heavy atom. The fourth-order valence-corrected chi connectivity index (χ4v) is 1.94. The van der Waals surface area contributed by atoms with E-state index in [4.69, 9.17) is 5.11 Å². The molecule has 118 valence electrons. The molecule has 0 saturated heterocycles. The molecule has 0 aromatic heterocycles. The quantitative estimate of drug-likeness (QED) is 0.610. The Bertz CT molecular complexity index is 303. The van der Waals surface area contributed by atoms with Crippen LogP contribution in [0.15, 0.2) is 0 Å². The lowest BCUT2D eigenvalue weighted by Crippen LogP contribution is -2.41. The highest BCUT2D eigenvalue weighted by atomic mass is 16.4. The maximum Gasteiger partial charge on any atom is 0.314 e. The van der Waals surface area contributed by atoms with Crippen LogP contribution in [0.1, 0.15) is 47.5 Å². The first-order chi connectivity index (χ1) is 9.22. The molecule has 0 radical (unpaired) electrons. The van der Waals surface area contributed by atoms with E-state index >= 15 is 0 Å². The molecule has 2 atom stereocenters. The highest BCUT2D eigenvalue weighted by Crippen LogP contribution is 2.14. The molecule has 0 aromatic carbocycles. The lowest BCUT2D eigenvalue weighted by molar-refractivity contribution is -0.138. The van der Waals surface area contributed by atoms with Crippen molar-refractivity contribution < 1.29 is 14.7 Å². The third-order valence-electron chi connectivity index (χ3n) is 3.54. The zero-order valence-electron chi connectivity index (χ0n) is 13.4. The topological polar surface area (TPSA) is 78.4 Å². The van der Waals surface area contributed by atoms with Crippen molar-refractivity contribution in [1.29, 1.82) is 0 Å². The van der Waals surface area contributed by atoms with E-state index in [9.17, 15) is 9.59 Å². The van der Waals surface area contributed by atoms with Gasteiger partial charge in [0.1, 0.15) is 0 Å². The smallest absolute Gasteiger partial charge is 0.314 e. The Morgan fingerprint density at radius 2 is 1.55 bits per heavy atom. The van der Waals surface area contributed by atoms with E-state index in [-0.39, 0.29) is 18.4 Å². The van der Waals surface area contributed by atoms with Crippen molar-refractivity contribution in [3.05, 3.63) is 0 Å². The predicted molar refractivity (Wildman–Crippen MR) is 80.6 cm³/mol. The average molecular weight is 286 g/mol. The summed E-state index contributed by atoms with van der Waals surface area (Å²) in [6.07, 6.45) is 0.899. The SMILES string of the molecule is CC(C)C[C@H](CNC(=O)NCC(C)C(C)C)CC(=O)O. The van der Waals surface area contributed by atoms with Crippen LogP contribution in [-0.2, 0) is 4.79 Å². The fraction of sp³-hybridized carbons (Fsp3) is 0.867. The van der Waals surface area contributed by atoms with Gasteiger partial charge in [-0.25, -0.2) is 4.79 Å². The molecule has 0 rings (SSSR count). The van der Waals surface area contributed by atoms with Gasteiger partial charge in [-0.15, -0.1) is 0 Å². The standard InChI is InChI=1S/C15H30N2O3/c1-10(2)6-13(7-14(18)19)9-17-15(20)16-8-12(5)11(3)4/h10-13H,6-9H2,1-5H3,(H,18,19)(H2,16,17,20)/t12?,13-/m0/s1. The number of urea groups is 1. The Kier molecular flexibility index (Phi) is 9.01. The number of nitrogens with one attached hydrogen (secondary N) is 2. The van der Waals surface area contributed by atoms with E-state index in [2.05, 4.69) is 45.3 Å². The number of hydrogen-bond donors (Lipinski definition) is 3. The van der Waals surface area contributed by atoms with Gasteiger partial charge < -0.3 is 15.7 Å². The molecule has 0 fully saturated rings. The van der Waals surface area contributed by atoms with Crippen molar-refractivity contribution in [2.45, 2.75) is 47.5 Å². The molecule has 0 saturated carbocycles. The van der Waals surface area contributed by atoms with Gasteiger partial charge in [-0.05, 0) is 30.1 Å². The summed E-state index contributed by atoms with van der Waals surface area (Å²) in [4.78, 5) is 22.5. The first kappa shape index (κ1) is 18.7. The van der Waals surface area contributed by atoms with E-state index < -0.39 is 5.97 Å². The lowest BCUT2D eigenvalue weighted by atomic mass is 9.94. The van der Waals surface area contributed by atoms with E-state index in [1.807, 2.05) is 0 Å². The fourth-order valence-electron chi connectivity index (χ4n) is 1.94. The maximum atomic E-state index is 11.7. The van der Waals surface area contributed by atoms with Crippen molar-refractivity contribution in [3.8, 4) is 0 Å². The van der Waals surface area contributed by atoms with Crippen molar-refractivity contribution in [2.75, 3.05) is 13.1 Å². The third-order valence-corrected chi connectivity index (χ3v) is 3.54. The Hall–Kier alpha value is -1.26. The second kappa shape index (κ2) is 9.61. The van der Waals surface area contributed by atoms with Gasteiger partial charge in [0.05, 0.1) is 0 Å². The average Bonchev–Trinajstić information content (AvgIpc) is 2.31. The van der Waals surface area contributed by atoms with Crippen molar-refractivity contribution in [2.24, 2.45) is 23.7 Å². The van der Waals surface area contributed by atoms with Crippen LogP contribution in [0.3, 0.4) is 0 Å². The molecule has 0 aliphatic rings. The number of hydrogen-bond acceptors (Lipinski definition) is 2. The van der Waals surface area contributed by atoms with Gasteiger partial charge in [0.2, 0.25) is 0 Å². The number of amides is 2. The van der Waals surface area contributed by atoms with Crippen molar-refractivity contribution >= 4 is 12.0 Å². The summed E-state index contributed by atoms with van der Waals surface area (Å²) in [5, 5.41) is 14.5. The normalized spacial score (nSPS) is 14.2. The second-order valence-electron chi connectivity index (χ2n) is 6.41.